The minimum absolute atomic E-state index is 0.147. The van der Waals surface area contributed by atoms with Gasteiger partial charge >= 0.3 is 0 Å². The van der Waals surface area contributed by atoms with Gasteiger partial charge in [0.1, 0.15) is 6.61 Å². The zero-order chi connectivity index (χ0) is 12.7. The molecule has 0 bridgehead atoms. The highest BCUT2D eigenvalue weighted by molar-refractivity contribution is 7.91. The molecule has 7 heteroatoms. The van der Waals surface area contributed by atoms with Crippen molar-refractivity contribution in [2.24, 2.45) is 5.92 Å². The Morgan fingerprint density at radius 3 is 2.82 bits per heavy atom. The van der Waals surface area contributed by atoms with E-state index >= 15 is 0 Å². The SMILES string of the molecule is CCOCCOC(=S)NCC1CCS(=O)(=O)C1. The number of hydrogen-bond acceptors (Lipinski definition) is 5. The highest BCUT2D eigenvalue weighted by Crippen LogP contribution is 2.17. The van der Waals surface area contributed by atoms with Gasteiger partial charge < -0.3 is 14.8 Å². The Morgan fingerprint density at radius 2 is 2.24 bits per heavy atom. The third-order valence-electron chi connectivity index (χ3n) is 2.53. The van der Waals surface area contributed by atoms with Gasteiger partial charge in [-0.2, -0.15) is 0 Å². The van der Waals surface area contributed by atoms with Gasteiger partial charge in [0.2, 0.25) is 0 Å². The maximum Gasteiger partial charge on any atom is 0.256 e. The topological polar surface area (TPSA) is 64.6 Å². The zero-order valence-electron chi connectivity index (χ0n) is 9.98. The first-order chi connectivity index (χ1) is 8.03. The Kier molecular flexibility index (Phi) is 6.15. The quantitative estimate of drug-likeness (QED) is 0.560. The number of ether oxygens (including phenoxy) is 2. The van der Waals surface area contributed by atoms with Gasteiger partial charge in [0.25, 0.3) is 5.17 Å². The third kappa shape index (κ3) is 6.18. The Hall–Kier alpha value is -0.400. The van der Waals surface area contributed by atoms with Crippen LogP contribution >= 0.6 is 12.2 Å². The van der Waals surface area contributed by atoms with Crippen LogP contribution in [0.2, 0.25) is 0 Å². The van der Waals surface area contributed by atoms with E-state index in [1.165, 1.54) is 0 Å². The predicted octanol–water partition coefficient (Wildman–Crippen LogP) is 0.349. The van der Waals surface area contributed by atoms with Crippen LogP contribution in [-0.4, -0.2) is 51.5 Å². The highest BCUT2D eigenvalue weighted by Gasteiger charge is 2.27. The molecular weight excluding hydrogens is 262 g/mol. The van der Waals surface area contributed by atoms with E-state index in [1.54, 1.807) is 0 Å². The van der Waals surface area contributed by atoms with Crippen LogP contribution in [0.1, 0.15) is 13.3 Å². The number of rotatable bonds is 6. The molecule has 1 rings (SSSR count). The molecule has 100 valence electrons. The lowest BCUT2D eigenvalue weighted by Crippen LogP contribution is -2.30. The molecular formula is C10H19NO4S2. The fraction of sp³-hybridized carbons (Fsp3) is 0.900. The standard InChI is InChI=1S/C10H19NO4S2/c1-2-14-4-5-15-10(16)11-7-9-3-6-17(12,13)8-9/h9H,2-8H2,1H3,(H,11,16). The zero-order valence-corrected chi connectivity index (χ0v) is 11.6. The van der Waals surface area contributed by atoms with Crippen molar-refractivity contribution in [3.8, 4) is 0 Å². The highest BCUT2D eigenvalue weighted by atomic mass is 32.2. The van der Waals surface area contributed by atoms with Gasteiger partial charge in [0.05, 0.1) is 18.1 Å². The van der Waals surface area contributed by atoms with Crippen molar-refractivity contribution in [3.05, 3.63) is 0 Å². The van der Waals surface area contributed by atoms with Gasteiger partial charge in [0, 0.05) is 13.2 Å². The van der Waals surface area contributed by atoms with Crippen LogP contribution in [0.4, 0.5) is 0 Å². The second kappa shape index (κ2) is 7.13. The van der Waals surface area contributed by atoms with E-state index in [0.29, 0.717) is 38.0 Å². The van der Waals surface area contributed by atoms with Crippen molar-refractivity contribution < 1.29 is 17.9 Å². The molecule has 1 atom stereocenters. The molecule has 1 N–H and O–H groups in total. The Morgan fingerprint density at radius 1 is 1.47 bits per heavy atom. The Bertz CT molecular complexity index is 342. The van der Waals surface area contributed by atoms with Crippen LogP contribution in [0, 0.1) is 5.92 Å². The third-order valence-corrected chi connectivity index (χ3v) is 4.63. The molecule has 1 saturated heterocycles. The van der Waals surface area contributed by atoms with Crippen LogP contribution in [0.25, 0.3) is 0 Å². The lowest BCUT2D eigenvalue weighted by molar-refractivity contribution is 0.105. The van der Waals surface area contributed by atoms with Crippen molar-refractivity contribution in [2.75, 3.05) is 37.9 Å². The summed E-state index contributed by atoms with van der Waals surface area (Å²) in [6.45, 7) is 4.06. The van der Waals surface area contributed by atoms with Gasteiger partial charge in [-0.1, -0.05) is 0 Å². The monoisotopic (exact) mass is 281 g/mol. The predicted molar refractivity (Wildman–Crippen MR) is 69.8 cm³/mol. The van der Waals surface area contributed by atoms with E-state index < -0.39 is 9.84 Å². The Balaban J connectivity index is 2.08. The van der Waals surface area contributed by atoms with Crippen molar-refractivity contribution in [3.63, 3.8) is 0 Å². The molecule has 0 radical (unpaired) electrons. The second-order valence-electron chi connectivity index (χ2n) is 3.98. The smallest absolute Gasteiger partial charge is 0.256 e. The summed E-state index contributed by atoms with van der Waals surface area (Å²) in [6, 6.07) is 0. The summed E-state index contributed by atoms with van der Waals surface area (Å²) >= 11 is 4.96. The van der Waals surface area contributed by atoms with Crippen molar-refractivity contribution in [1.29, 1.82) is 0 Å². The molecule has 17 heavy (non-hydrogen) atoms. The van der Waals surface area contributed by atoms with Crippen molar-refractivity contribution in [2.45, 2.75) is 13.3 Å². The lowest BCUT2D eigenvalue weighted by atomic mass is 10.1. The maximum absolute atomic E-state index is 11.2. The van der Waals surface area contributed by atoms with Crippen molar-refractivity contribution in [1.82, 2.24) is 5.32 Å². The van der Waals surface area contributed by atoms with Crippen LogP contribution in [0.3, 0.4) is 0 Å². The van der Waals surface area contributed by atoms with E-state index in [2.05, 4.69) is 5.32 Å². The number of sulfone groups is 1. The van der Waals surface area contributed by atoms with Crippen LogP contribution in [-0.2, 0) is 19.3 Å². The molecule has 5 nitrogen and oxygen atoms in total. The molecule has 1 aliphatic rings. The first-order valence-corrected chi connectivity index (χ1v) is 7.95. The van der Waals surface area contributed by atoms with E-state index in [-0.39, 0.29) is 17.4 Å². The molecule has 0 spiro atoms. The van der Waals surface area contributed by atoms with Gasteiger partial charge in [-0.3, -0.25) is 0 Å². The summed E-state index contributed by atoms with van der Waals surface area (Å²) in [5.41, 5.74) is 0. The normalized spacial score (nSPS) is 22.3. The average molecular weight is 281 g/mol. The maximum atomic E-state index is 11.2. The van der Waals surface area contributed by atoms with Gasteiger partial charge in [-0.05, 0) is 31.5 Å². The summed E-state index contributed by atoms with van der Waals surface area (Å²) in [5, 5.41) is 3.24. The summed E-state index contributed by atoms with van der Waals surface area (Å²) in [5.74, 6) is 0.687. The average Bonchev–Trinajstić information content (AvgIpc) is 2.62. The first-order valence-electron chi connectivity index (χ1n) is 5.72. The fourth-order valence-electron chi connectivity index (χ4n) is 1.65. The molecule has 0 aromatic heterocycles. The molecule has 0 aromatic rings. The molecule has 1 aliphatic heterocycles. The lowest BCUT2D eigenvalue weighted by Gasteiger charge is -2.12. The molecule has 0 aromatic carbocycles. The van der Waals surface area contributed by atoms with E-state index in [9.17, 15) is 8.42 Å². The molecule has 1 fully saturated rings. The summed E-state index contributed by atoms with van der Waals surface area (Å²) in [7, 11) is -2.81. The number of nitrogens with one attached hydrogen (secondary N) is 1. The van der Waals surface area contributed by atoms with Gasteiger partial charge in [-0.25, -0.2) is 8.42 Å². The summed E-state index contributed by atoms with van der Waals surface area (Å²) < 4.78 is 32.7. The molecule has 0 amide bonds. The van der Waals surface area contributed by atoms with Crippen LogP contribution < -0.4 is 5.32 Å². The summed E-state index contributed by atoms with van der Waals surface area (Å²) in [6.07, 6.45) is 0.705. The van der Waals surface area contributed by atoms with Gasteiger partial charge in [0.15, 0.2) is 9.84 Å². The number of thiocarbonyl (C=S) groups is 1. The van der Waals surface area contributed by atoms with Crippen LogP contribution in [0.5, 0.6) is 0 Å². The molecule has 0 saturated carbocycles. The van der Waals surface area contributed by atoms with Gasteiger partial charge in [-0.15, -0.1) is 0 Å². The first kappa shape index (κ1) is 14.7. The fourth-order valence-corrected chi connectivity index (χ4v) is 3.68. The molecule has 1 heterocycles. The largest absolute Gasteiger partial charge is 0.469 e. The van der Waals surface area contributed by atoms with Crippen molar-refractivity contribution >= 4 is 27.2 Å². The van der Waals surface area contributed by atoms with E-state index in [4.69, 9.17) is 21.7 Å². The Labute approximate surface area is 108 Å². The van der Waals surface area contributed by atoms with E-state index in [0.717, 1.165) is 0 Å². The molecule has 0 aliphatic carbocycles. The molecule has 1 unspecified atom stereocenters. The van der Waals surface area contributed by atoms with E-state index in [1.807, 2.05) is 6.92 Å². The second-order valence-corrected chi connectivity index (χ2v) is 6.58. The summed E-state index contributed by atoms with van der Waals surface area (Å²) in [4.78, 5) is 0. The minimum Gasteiger partial charge on any atom is -0.469 e. The number of hydrogen-bond donors (Lipinski definition) is 1. The van der Waals surface area contributed by atoms with Crippen LogP contribution in [0.15, 0.2) is 0 Å². The minimum atomic E-state index is -2.81.